The molecule has 3 rings (SSSR count). The Bertz CT molecular complexity index is 1230. The fourth-order valence-electron chi connectivity index (χ4n) is 5.81. The van der Waals surface area contributed by atoms with Crippen LogP contribution in [-0.4, -0.2) is 29.8 Å². The van der Waals surface area contributed by atoms with E-state index in [2.05, 4.69) is 20.8 Å². The number of ether oxygens (including phenoxy) is 2. The third kappa shape index (κ3) is 9.04. The molecule has 1 aliphatic carbocycles. The van der Waals surface area contributed by atoms with Gasteiger partial charge in [0.15, 0.2) is 5.41 Å². The first kappa shape index (κ1) is 34.1. The molecule has 6 heteroatoms. The molecule has 0 saturated heterocycles. The average Bonchev–Trinajstić information content (AvgIpc) is 3.01. The minimum Gasteiger partial charge on any atom is -0.494 e. The van der Waals surface area contributed by atoms with Gasteiger partial charge in [0.25, 0.3) is 0 Å². The number of hydrogen-bond acceptors (Lipinski definition) is 4. The van der Waals surface area contributed by atoms with Crippen molar-refractivity contribution < 1.29 is 28.6 Å². The standard InChI is InChI=1S/C37H49FO5/c1-5-8-9-10-11-12-15-24-42-31-20-18-29(19-21-31)30-22-23-37(36(40)41,34(38)26-30)33-17-14-13-16-32(33)35(39)43-27(4)25-28(6-2)7-3/h13-14,16-23,26-28,30H,5-12,15,24-25H2,1-4H3,(H,40,41). The molecule has 0 heterocycles. The number of rotatable bonds is 18. The Balaban J connectivity index is 1.71. The van der Waals surface area contributed by atoms with Gasteiger partial charge < -0.3 is 14.6 Å². The predicted octanol–water partition coefficient (Wildman–Crippen LogP) is 9.72. The minimum atomic E-state index is -2.12. The minimum absolute atomic E-state index is 0.0513. The molecule has 0 radical (unpaired) electrons. The molecule has 0 fully saturated rings. The Morgan fingerprint density at radius 2 is 1.58 bits per heavy atom. The number of unbranched alkanes of at least 4 members (excludes halogenated alkanes) is 6. The molecular weight excluding hydrogens is 543 g/mol. The molecule has 0 aromatic heterocycles. The van der Waals surface area contributed by atoms with Crippen molar-refractivity contribution in [3.05, 3.63) is 89.3 Å². The van der Waals surface area contributed by atoms with Crippen LogP contribution in [0, 0.1) is 5.92 Å². The van der Waals surface area contributed by atoms with E-state index < -0.39 is 29.1 Å². The van der Waals surface area contributed by atoms with Crippen molar-refractivity contribution in [2.24, 2.45) is 5.92 Å². The highest BCUT2D eigenvalue weighted by atomic mass is 19.1. The fraction of sp³-hybridized carbons (Fsp3) is 0.514. The quantitative estimate of drug-likeness (QED) is 0.106. The highest BCUT2D eigenvalue weighted by molar-refractivity contribution is 5.97. The summed E-state index contributed by atoms with van der Waals surface area (Å²) in [6.45, 7) is 8.92. The van der Waals surface area contributed by atoms with Gasteiger partial charge in [-0.15, -0.1) is 0 Å². The molecule has 234 valence electrons. The molecule has 2 aromatic rings. The second kappa shape index (κ2) is 17.0. The summed E-state index contributed by atoms with van der Waals surface area (Å²) >= 11 is 0. The van der Waals surface area contributed by atoms with E-state index in [0.717, 1.165) is 37.0 Å². The SMILES string of the molecule is CCCCCCCCCOc1ccc(C2C=CC(C(=O)O)(c3ccccc3C(=O)OC(C)CC(CC)CC)C(F)=C2)cc1. The van der Waals surface area contributed by atoms with Gasteiger partial charge in [0.2, 0.25) is 0 Å². The molecule has 1 N–H and O–H groups in total. The number of halogens is 1. The Labute approximate surface area is 257 Å². The van der Waals surface area contributed by atoms with E-state index in [-0.39, 0.29) is 17.2 Å². The van der Waals surface area contributed by atoms with Crippen LogP contribution in [0.4, 0.5) is 4.39 Å². The van der Waals surface area contributed by atoms with Gasteiger partial charge in [0.05, 0.1) is 18.3 Å². The first-order valence-corrected chi connectivity index (χ1v) is 16.1. The molecule has 0 aliphatic heterocycles. The normalized spacial score (nSPS) is 18.7. The van der Waals surface area contributed by atoms with Crippen LogP contribution in [0.3, 0.4) is 0 Å². The average molecular weight is 593 g/mol. The van der Waals surface area contributed by atoms with Crippen LogP contribution in [0.15, 0.2) is 72.6 Å². The Hall–Kier alpha value is -3.41. The lowest BCUT2D eigenvalue weighted by Crippen LogP contribution is -2.38. The highest BCUT2D eigenvalue weighted by Crippen LogP contribution is 2.43. The van der Waals surface area contributed by atoms with E-state index >= 15 is 4.39 Å². The molecule has 0 spiro atoms. The van der Waals surface area contributed by atoms with Crippen molar-refractivity contribution in [3.63, 3.8) is 0 Å². The summed E-state index contributed by atoms with van der Waals surface area (Å²) < 4.78 is 27.6. The van der Waals surface area contributed by atoms with Crippen molar-refractivity contribution in [3.8, 4) is 5.75 Å². The van der Waals surface area contributed by atoms with Gasteiger partial charge in [-0.05, 0) is 61.1 Å². The summed E-state index contributed by atoms with van der Waals surface area (Å²) in [5, 5.41) is 10.4. The summed E-state index contributed by atoms with van der Waals surface area (Å²) in [6.07, 6.45) is 15.2. The zero-order valence-electron chi connectivity index (χ0n) is 26.3. The molecule has 3 atom stereocenters. The van der Waals surface area contributed by atoms with Crippen LogP contribution < -0.4 is 4.74 Å². The summed E-state index contributed by atoms with van der Waals surface area (Å²) in [5.74, 6) is -2.15. The maximum Gasteiger partial charge on any atom is 0.338 e. The largest absolute Gasteiger partial charge is 0.494 e. The van der Waals surface area contributed by atoms with Gasteiger partial charge in [0, 0.05) is 5.92 Å². The van der Waals surface area contributed by atoms with Gasteiger partial charge in [-0.25, -0.2) is 9.18 Å². The maximum absolute atomic E-state index is 16.0. The monoisotopic (exact) mass is 592 g/mol. The number of carboxylic acid groups (broad SMARTS) is 1. The van der Waals surface area contributed by atoms with Gasteiger partial charge in [-0.1, -0.05) is 115 Å². The first-order valence-electron chi connectivity index (χ1n) is 16.1. The second-order valence-electron chi connectivity index (χ2n) is 11.7. The van der Waals surface area contributed by atoms with Crippen molar-refractivity contribution in [1.82, 2.24) is 0 Å². The van der Waals surface area contributed by atoms with E-state index in [1.165, 1.54) is 56.4 Å². The number of benzene rings is 2. The topological polar surface area (TPSA) is 72.8 Å². The van der Waals surface area contributed by atoms with Gasteiger partial charge in [0.1, 0.15) is 11.6 Å². The zero-order chi connectivity index (χ0) is 31.2. The fourth-order valence-corrected chi connectivity index (χ4v) is 5.81. The van der Waals surface area contributed by atoms with Crippen LogP contribution in [0.2, 0.25) is 0 Å². The number of allylic oxidation sites excluding steroid dienone is 2. The summed E-state index contributed by atoms with van der Waals surface area (Å²) in [6, 6.07) is 13.7. The third-order valence-corrected chi connectivity index (χ3v) is 8.58. The molecule has 43 heavy (non-hydrogen) atoms. The Morgan fingerprint density at radius 3 is 2.21 bits per heavy atom. The lowest BCUT2D eigenvalue weighted by atomic mass is 9.72. The van der Waals surface area contributed by atoms with Crippen LogP contribution >= 0.6 is 0 Å². The molecule has 2 aromatic carbocycles. The van der Waals surface area contributed by atoms with E-state index in [1.807, 2.05) is 31.2 Å². The maximum atomic E-state index is 16.0. The molecule has 1 aliphatic rings. The number of carbonyl (C=O) groups is 2. The first-order chi connectivity index (χ1) is 20.8. The van der Waals surface area contributed by atoms with E-state index in [9.17, 15) is 14.7 Å². The van der Waals surface area contributed by atoms with Crippen molar-refractivity contribution in [2.75, 3.05) is 6.61 Å². The number of hydrogen-bond donors (Lipinski definition) is 1. The van der Waals surface area contributed by atoms with E-state index in [1.54, 1.807) is 18.2 Å². The van der Waals surface area contributed by atoms with Gasteiger partial charge in [-0.2, -0.15) is 0 Å². The molecule has 0 bridgehead atoms. The van der Waals surface area contributed by atoms with Crippen molar-refractivity contribution in [2.45, 2.75) is 109 Å². The Morgan fingerprint density at radius 1 is 0.930 bits per heavy atom. The number of carbonyl (C=O) groups excluding carboxylic acids is 1. The lowest BCUT2D eigenvalue weighted by Gasteiger charge is -2.31. The van der Waals surface area contributed by atoms with Crippen LogP contribution in [0.5, 0.6) is 5.75 Å². The van der Waals surface area contributed by atoms with E-state index in [4.69, 9.17) is 9.47 Å². The van der Waals surface area contributed by atoms with Crippen LogP contribution in [0.1, 0.15) is 119 Å². The molecule has 3 unspecified atom stereocenters. The van der Waals surface area contributed by atoms with Crippen LogP contribution in [0.25, 0.3) is 0 Å². The summed E-state index contributed by atoms with van der Waals surface area (Å²) in [5.41, 5.74) is -1.20. The molecule has 0 amide bonds. The van der Waals surface area contributed by atoms with Crippen LogP contribution in [-0.2, 0) is 14.9 Å². The summed E-state index contributed by atoms with van der Waals surface area (Å²) in [4.78, 5) is 25.9. The van der Waals surface area contributed by atoms with Crippen molar-refractivity contribution >= 4 is 11.9 Å². The lowest BCUT2D eigenvalue weighted by molar-refractivity contribution is -0.141. The predicted molar refractivity (Wildman–Crippen MR) is 170 cm³/mol. The Kier molecular flexibility index (Phi) is 13.5. The molecule has 0 saturated carbocycles. The smallest absolute Gasteiger partial charge is 0.338 e. The third-order valence-electron chi connectivity index (χ3n) is 8.58. The number of esters is 1. The number of carboxylic acids is 1. The van der Waals surface area contributed by atoms with E-state index in [0.29, 0.717) is 18.9 Å². The second-order valence-corrected chi connectivity index (χ2v) is 11.7. The number of aliphatic carboxylic acids is 1. The van der Waals surface area contributed by atoms with Crippen molar-refractivity contribution in [1.29, 1.82) is 0 Å². The van der Waals surface area contributed by atoms with Gasteiger partial charge in [-0.3, -0.25) is 4.79 Å². The summed E-state index contributed by atoms with van der Waals surface area (Å²) in [7, 11) is 0. The molecule has 5 nitrogen and oxygen atoms in total. The van der Waals surface area contributed by atoms with Gasteiger partial charge >= 0.3 is 11.9 Å². The molecular formula is C37H49FO5. The highest BCUT2D eigenvalue weighted by Gasteiger charge is 2.47. The zero-order valence-corrected chi connectivity index (χ0v) is 26.3.